The summed E-state index contributed by atoms with van der Waals surface area (Å²) in [4.78, 5) is 19.2. The summed E-state index contributed by atoms with van der Waals surface area (Å²) >= 11 is 0. The Morgan fingerprint density at radius 3 is 2.44 bits per heavy atom. The number of rotatable bonds is 7. The number of amides is 1. The molecule has 1 aliphatic rings. The van der Waals surface area contributed by atoms with Crippen molar-refractivity contribution in [3.8, 4) is 5.75 Å². The molecule has 4 rings (SSSR count). The molecule has 0 unspecified atom stereocenters. The number of hydrogen-bond donors (Lipinski definition) is 1. The quantitative estimate of drug-likeness (QED) is 0.537. The predicted octanol–water partition coefficient (Wildman–Crippen LogP) is 4.95. The number of carbonyl (C=O) groups excluding carboxylic acids is 1. The third-order valence-electron chi connectivity index (χ3n) is 6.14. The molecule has 1 N–H and O–H groups in total. The molecule has 1 fully saturated rings. The number of nitrogens with one attached hydrogen (secondary N) is 1. The fourth-order valence-corrected chi connectivity index (χ4v) is 4.35. The van der Waals surface area contributed by atoms with E-state index in [1.54, 1.807) is 18.5 Å². The lowest BCUT2D eigenvalue weighted by Gasteiger charge is -2.32. The van der Waals surface area contributed by atoms with Crippen molar-refractivity contribution >= 4 is 5.91 Å². The largest absolute Gasteiger partial charge is 0.488 e. The number of benzene rings is 2. The van der Waals surface area contributed by atoms with Crippen molar-refractivity contribution in [3.63, 3.8) is 0 Å². The number of halogens is 2. The van der Waals surface area contributed by atoms with Crippen LogP contribution in [0.15, 0.2) is 54.9 Å². The average molecular weight is 466 g/mol. The highest BCUT2D eigenvalue weighted by molar-refractivity contribution is 5.95. The third kappa shape index (κ3) is 5.97. The van der Waals surface area contributed by atoms with Gasteiger partial charge in [-0.15, -0.1) is 0 Å². The molecule has 1 aliphatic heterocycles. The second-order valence-electron chi connectivity index (χ2n) is 8.86. The van der Waals surface area contributed by atoms with E-state index in [2.05, 4.69) is 15.2 Å². The first-order valence-corrected chi connectivity index (χ1v) is 11.5. The maximum atomic E-state index is 13.5. The van der Waals surface area contributed by atoms with Crippen LogP contribution in [0.25, 0.3) is 0 Å². The van der Waals surface area contributed by atoms with Crippen molar-refractivity contribution in [1.82, 2.24) is 15.2 Å². The van der Waals surface area contributed by atoms with Crippen LogP contribution in [0.1, 0.15) is 45.5 Å². The molecule has 0 bridgehead atoms. The van der Waals surface area contributed by atoms with Gasteiger partial charge in [-0.2, -0.15) is 0 Å². The molecule has 1 amide bonds. The number of aromatic nitrogens is 1. The van der Waals surface area contributed by atoms with Gasteiger partial charge < -0.3 is 10.1 Å². The highest BCUT2D eigenvalue weighted by Gasteiger charge is 2.22. The summed E-state index contributed by atoms with van der Waals surface area (Å²) < 4.78 is 32.6. The molecule has 0 spiro atoms. The first-order chi connectivity index (χ1) is 16.4. The van der Waals surface area contributed by atoms with Crippen LogP contribution >= 0.6 is 0 Å². The van der Waals surface area contributed by atoms with E-state index >= 15 is 0 Å². The molecule has 0 saturated carbocycles. The number of piperidine rings is 1. The summed E-state index contributed by atoms with van der Waals surface area (Å²) in [6, 6.07) is 11.7. The maximum absolute atomic E-state index is 13.5. The van der Waals surface area contributed by atoms with Crippen molar-refractivity contribution < 1.29 is 18.3 Å². The van der Waals surface area contributed by atoms with Crippen LogP contribution in [-0.2, 0) is 13.2 Å². The second kappa shape index (κ2) is 10.7. The molecule has 0 atom stereocenters. The molecule has 1 saturated heterocycles. The molecule has 3 aromatic rings. The Hall–Kier alpha value is -3.32. The Morgan fingerprint density at radius 2 is 1.79 bits per heavy atom. The lowest BCUT2D eigenvalue weighted by atomic mass is 10.0. The summed E-state index contributed by atoms with van der Waals surface area (Å²) in [6.07, 6.45) is 5.11. The number of aryl methyl sites for hydroxylation is 2. The van der Waals surface area contributed by atoms with E-state index < -0.39 is 11.6 Å². The van der Waals surface area contributed by atoms with E-state index in [9.17, 15) is 13.6 Å². The Kier molecular flexibility index (Phi) is 7.53. The van der Waals surface area contributed by atoms with E-state index in [-0.39, 0.29) is 11.9 Å². The smallest absolute Gasteiger partial charge is 0.251 e. The van der Waals surface area contributed by atoms with Crippen LogP contribution in [-0.4, -0.2) is 34.9 Å². The minimum atomic E-state index is -0.830. The van der Waals surface area contributed by atoms with Gasteiger partial charge in [-0.3, -0.25) is 14.7 Å². The average Bonchev–Trinajstić information content (AvgIpc) is 2.82. The summed E-state index contributed by atoms with van der Waals surface area (Å²) in [5.74, 6) is -0.961. The van der Waals surface area contributed by atoms with E-state index in [1.165, 1.54) is 6.07 Å². The number of hydrogen-bond acceptors (Lipinski definition) is 4. The highest BCUT2D eigenvalue weighted by Crippen LogP contribution is 2.26. The van der Waals surface area contributed by atoms with Gasteiger partial charge in [-0.25, -0.2) is 8.78 Å². The van der Waals surface area contributed by atoms with Crippen LogP contribution in [0, 0.1) is 25.5 Å². The van der Waals surface area contributed by atoms with E-state index in [4.69, 9.17) is 4.74 Å². The summed E-state index contributed by atoms with van der Waals surface area (Å²) in [5, 5.41) is 3.14. The topological polar surface area (TPSA) is 54.5 Å². The first-order valence-electron chi connectivity index (χ1n) is 11.5. The summed E-state index contributed by atoms with van der Waals surface area (Å²) in [6.45, 7) is 6.44. The van der Waals surface area contributed by atoms with Gasteiger partial charge in [0.1, 0.15) is 12.4 Å². The fraction of sp³-hybridized carbons (Fsp3) is 0.333. The predicted molar refractivity (Wildman–Crippen MR) is 127 cm³/mol. The molecular formula is C27H29F2N3O2. The number of pyridine rings is 1. The third-order valence-corrected chi connectivity index (χ3v) is 6.14. The first kappa shape index (κ1) is 23.8. The van der Waals surface area contributed by atoms with Gasteiger partial charge in [0, 0.05) is 49.2 Å². The minimum absolute atomic E-state index is 0.0795. The molecule has 7 heteroatoms. The second-order valence-corrected chi connectivity index (χ2v) is 8.86. The molecule has 34 heavy (non-hydrogen) atoms. The van der Waals surface area contributed by atoms with Gasteiger partial charge in [-0.1, -0.05) is 12.1 Å². The summed E-state index contributed by atoms with van der Waals surface area (Å²) in [7, 11) is 0. The normalized spacial score (nSPS) is 14.7. The zero-order valence-corrected chi connectivity index (χ0v) is 19.5. The zero-order chi connectivity index (χ0) is 24.1. The van der Waals surface area contributed by atoms with Gasteiger partial charge in [0.25, 0.3) is 5.91 Å². The Bertz CT molecular complexity index is 1120. The van der Waals surface area contributed by atoms with Gasteiger partial charge in [-0.05, 0) is 73.7 Å². The van der Waals surface area contributed by atoms with Crippen molar-refractivity contribution in [2.24, 2.45) is 0 Å². The number of carbonyl (C=O) groups is 1. The van der Waals surface area contributed by atoms with Crippen LogP contribution in [0.5, 0.6) is 5.75 Å². The lowest BCUT2D eigenvalue weighted by Crippen LogP contribution is -2.44. The van der Waals surface area contributed by atoms with Crippen molar-refractivity contribution in [2.75, 3.05) is 13.1 Å². The number of nitrogens with zero attached hydrogens (tertiary/aromatic N) is 2. The van der Waals surface area contributed by atoms with Gasteiger partial charge in [0.05, 0.1) is 0 Å². The van der Waals surface area contributed by atoms with E-state index in [0.29, 0.717) is 18.7 Å². The number of ether oxygens (including phenoxy) is 1. The lowest BCUT2D eigenvalue weighted by molar-refractivity contribution is 0.0908. The van der Waals surface area contributed by atoms with Gasteiger partial charge in [0.15, 0.2) is 11.6 Å². The van der Waals surface area contributed by atoms with Gasteiger partial charge in [0.2, 0.25) is 0 Å². The van der Waals surface area contributed by atoms with Crippen molar-refractivity contribution in [1.29, 1.82) is 0 Å². The van der Waals surface area contributed by atoms with Gasteiger partial charge >= 0.3 is 0 Å². The Morgan fingerprint density at radius 1 is 1.06 bits per heavy atom. The van der Waals surface area contributed by atoms with Crippen LogP contribution in [0.4, 0.5) is 8.78 Å². The Balaban J connectivity index is 1.30. The monoisotopic (exact) mass is 465 g/mol. The van der Waals surface area contributed by atoms with Crippen LogP contribution in [0.2, 0.25) is 0 Å². The molecule has 0 aliphatic carbocycles. The summed E-state index contributed by atoms with van der Waals surface area (Å²) in [5.41, 5.74) is 4.18. The fourth-order valence-electron chi connectivity index (χ4n) is 4.35. The van der Waals surface area contributed by atoms with E-state index in [0.717, 1.165) is 60.0 Å². The molecule has 2 aromatic carbocycles. The number of likely N-dealkylation sites (tertiary alicyclic amines) is 1. The van der Waals surface area contributed by atoms with Crippen LogP contribution < -0.4 is 10.1 Å². The highest BCUT2D eigenvalue weighted by atomic mass is 19.2. The molecular weight excluding hydrogens is 436 g/mol. The molecule has 1 aromatic heterocycles. The molecule has 0 radical (unpaired) electrons. The standard InChI is InChI=1S/C27H29F2N3O2/c1-18-12-22(13-19(2)26(18)34-17-21-4-3-9-30-15-21)27(33)31-23-7-10-32(11-8-23)16-20-5-6-24(28)25(29)14-20/h3-6,9,12-15,23H,7-8,10-11,16-17H2,1-2H3,(H,31,33). The maximum Gasteiger partial charge on any atom is 0.251 e. The van der Waals surface area contributed by atoms with Crippen LogP contribution in [0.3, 0.4) is 0 Å². The Labute approximate surface area is 198 Å². The SMILES string of the molecule is Cc1cc(C(=O)NC2CCN(Cc3ccc(F)c(F)c3)CC2)cc(C)c1OCc1cccnc1. The molecule has 178 valence electrons. The minimum Gasteiger partial charge on any atom is -0.488 e. The van der Waals surface area contributed by atoms with E-state index in [1.807, 2.05) is 38.1 Å². The molecule has 2 heterocycles. The zero-order valence-electron chi connectivity index (χ0n) is 19.5. The van der Waals surface area contributed by atoms with Crippen molar-refractivity contribution in [3.05, 3.63) is 94.3 Å². The molecule has 5 nitrogen and oxygen atoms in total. The van der Waals surface area contributed by atoms with Crippen molar-refractivity contribution in [2.45, 2.75) is 45.9 Å².